The van der Waals surface area contributed by atoms with Crippen LogP contribution in [0.4, 0.5) is 0 Å². The second-order valence-corrected chi connectivity index (χ2v) is 2.57. The van der Waals surface area contributed by atoms with Crippen LogP contribution in [0.3, 0.4) is 0 Å². The topological polar surface area (TPSA) is 12.0 Å². The second-order valence-electron chi connectivity index (χ2n) is 2.57. The van der Waals surface area contributed by atoms with Crippen molar-refractivity contribution < 1.29 is 0 Å². The normalized spacial score (nSPS) is 11.4. The highest BCUT2D eigenvalue weighted by molar-refractivity contribution is 4.82. The predicted octanol–water partition coefficient (Wildman–Crippen LogP) is 1.36. The fourth-order valence-corrected chi connectivity index (χ4v) is 0.397. The lowest BCUT2D eigenvalue weighted by Gasteiger charge is -2.21. The first-order chi connectivity index (χ1) is 3.62. The Morgan fingerprint density at radius 1 is 1.62 bits per heavy atom. The van der Waals surface area contributed by atoms with E-state index in [0.717, 1.165) is 6.42 Å². The molecular weight excluding hydrogens is 98.1 g/mol. The Balaban J connectivity index is 3.53. The maximum Gasteiger partial charge on any atom is 0.0156 e. The van der Waals surface area contributed by atoms with Crippen molar-refractivity contribution in [2.45, 2.75) is 25.8 Å². The number of hydrogen-bond donors (Lipinski definition) is 1. The van der Waals surface area contributed by atoms with Crippen molar-refractivity contribution in [2.24, 2.45) is 0 Å². The van der Waals surface area contributed by atoms with Gasteiger partial charge in [0.05, 0.1) is 0 Å². The van der Waals surface area contributed by atoms with E-state index in [9.17, 15) is 0 Å². The van der Waals surface area contributed by atoms with E-state index in [0.29, 0.717) is 0 Å². The fraction of sp³-hybridized carbons (Fsp3) is 0.714. The van der Waals surface area contributed by atoms with Crippen molar-refractivity contribution >= 4 is 0 Å². The third-order valence-corrected chi connectivity index (χ3v) is 1.30. The summed E-state index contributed by atoms with van der Waals surface area (Å²) >= 11 is 0. The first-order valence-electron chi connectivity index (χ1n) is 2.85. The summed E-state index contributed by atoms with van der Waals surface area (Å²) in [7, 11) is 1.93. The average Bonchev–Trinajstić information content (AvgIpc) is 1.67. The van der Waals surface area contributed by atoms with Gasteiger partial charge in [0.2, 0.25) is 0 Å². The molecular formula is C7H14N. The molecule has 0 saturated carbocycles. The highest BCUT2D eigenvalue weighted by Gasteiger charge is 2.10. The molecule has 0 rings (SSSR count). The van der Waals surface area contributed by atoms with E-state index in [2.05, 4.69) is 19.2 Å². The second kappa shape index (κ2) is 2.88. The molecule has 1 heteroatoms. The summed E-state index contributed by atoms with van der Waals surface area (Å²) in [5, 5.41) is 3.13. The highest BCUT2D eigenvalue weighted by Crippen LogP contribution is 2.05. The third-order valence-electron chi connectivity index (χ3n) is 1.30. The van der Waals surface area contributed by atoms with Gasteiger partial charge in [0, 0.05) is 5.54 Å². The molecule has 0 aliphatic heterocycles. The minimum absolute atomic E-state index is 0.161. The Kier molecular flexibility index (Phi) is 2.77. The first-order valence-corrected chi connectivity index (χ1v) is 2.85. The third kappa shape index (κ3) is 2.80. The van der Waals surface area contributed by atoms with Crippen LogP contribution in [-0.2, 0) is 0 Å². The van der Waals surface area contributed by atoms with Gasteiger partial charge in [-0.1, -0.05) is 12.7 Å². The molecule has 47 valence electrons. The van der Waals surface area contributed by atoms with Crippen LogP contribution < -0.4 is 5.32 Å². The molecule has 1 N–H and O–H groups in total. The number of rotatable bonds is 3. The van der Waals surface area contributed by atoms with Gasteiger partial charge in [0.15, 0.2) is 0 Å². The van der Waals surface area contributed by atoms with E-state index in [1.54, 1.807) is 6.08 Å². The van der Waals surface area contributed by atoms with Crippen LogP contribution in [-0.4, -0.2) is 12.6 Å². The summed E-state index contributed by atoms with van der Waals surface area (Å²) in [6.45, 7) is 9.44. The highest BCUT2D eigenvalue weighted by atomic mass is 14.9. The molecule has 0 atom stereocenters. The lowest BCUT2D eigenvalue weighted by Crippen LogP contribution is -2.35. The molecule has 0 aromatic rings. The molecule has 1 nitrogen and oxygen atoms in total. The van der Waals surface area contributed by atoms with Crippen molar-refractivity contribution in [3.05, 3.63) is 12.7 Å². The van der Waals surface area contributed by atoms with Crippen molar-refractivity contribution in [1.82, 2.24) is 5.32 Å². The van der Waals surface area contributed by atoms with Crippen LogP contribution in [0.25, 0.3) is 0 Å². The van der Waals surface area contributed by atoms with Gasteiger partial charge in [-0.05, 0) is 27.3 Å². The van der Waals surface area contributed by atoms with Crippen molar-refractivity contribution in [3.8, 4) is 0 Å². The Labute approximate surface area is 51.8 Å². The van der Waals surface area contributed by atoms with Gasteiger partial charge in [0.25, 0.3) is 0 Å². The Morgan fingerprint density at radius 2 is 2.12 bits per heavy atom. The maximum absolute atomic E-state index is 5.23. The van der Waals surface area contributed by atoms with Gasteiger partial charge in [0.1, 0.15) is 0 Å². The standard InChI is InChI=1S/C7H14N/c1-5-6-7(2,3)8-4/h1,5,8H,6H2,2-4H3. The van der Waals surface area contributed by atoms with Gasteiger partial charge < -0.3 is 5.32 Å². The summed E-state index contributed by atoms with van der Waals surface area (Å²) in [4.78, 5) is 0. The molecule has 0 fully saturated rings. The lowest BCUT2D eigenvalue weighted by molar-refractivity contribution is 0.430. The van der Waals surface area contributed by atoms with Gasteiger partial charge in [-0.2, -0.15) is 0 Å². The van der Waals surface area contributed by atoms with E-state index in [-0.39, 0.29) is 5.54 Å². The summed E-state index contributed by atoms with van der Waals surface area (Å²) in [6.07, 6.45) is 2.58. The van der Waals surface area contributed by atoms with Crippen molar-refractivity contribution in [2.75, 3.05) is 7.05 Å². The van der Waals surface area contributed by atoms with Gasteiger partial charge >= 0.3 is 0 Å². The van der Waals surface area contributed by atoms with Crippen LogP contribution in [0, 0.1) is 6.58 Å². The zero-order valence-corrected chi connectivity index (χ0v) is 5.86. The van der Waals surface area contributed by atoms with E-state index in [1.807, 2.05) is 7.05 Å². The number of nitrogens with one attached hydrogen (secondary N) is 1. The van der Waals surface area contributed by atoms with Crippen molar-refractivity contribution in [3.63, 3.8) is 0 Å². The maximum atomic E-state index is 5.23. The molecule has 0 unspecified atom stereocenters. The zero-order chi connectivity index (χ0) is 6.62. The van der Waals surface area contributed by atoms with E-state index in [4.69, 9.17) is 6.58 Å². The lowest BCUT2D eigenvalue weighted by atomic mass is 10.0. The minimum Gasteiger partial charge on any atom is -0.315 e. The molecule has 0 aliphatic carbocycles. The zero-order valence-electron chi connectivity index (χ0n) is 5.86. The van der Waals surface area contributed by atoms with Crippen molar-refractivity contribution in [1.29, 1.82) is 0 Å². The minimum atomic E-state index is 0.161. The van der Waals surface area contributed by atoms with Crippen LogP contribution in [0.2, 0.25) is 0 Å². The molecule has 0 spiro atoms. The molecule has 8 heavy (non-hydrogen) atoms. The molecule has 0 aromatic heterocycles. The summed E-state index contributed by atoms with van der Waals surface area (Å²) < 4.78 is 0. The van der Waals surface area contributed by atoms with Crippen LogP contribution in [0.1, 0.15) is 20.3 Å². The molecule has 1 radical (unpaired) electrons. The molecule has 0 aromatic carbocycles. The summed E-state index contributed by atoms with van der Waals surface area (Å²) in [6, 6.07) is 0. The summed E-state index contributed by atoms with van der Waals surface area (Å²) in [5.41, 5.74) is 0.161. The Hall–Kier alpha value is -0.300. The molecule has 0 bridgehead atoms. The van der Waals surface area contributed by atoms with Gasteiger partial charge in [-0.25, -0.2) is 0 Å². The van der Waals surface area contributed by atoms with E-state index >= 15 is 0 Å². The van der Waals surface area contributed by atoms with E-state index < -0.39 is 0 Å². The average molecular weight is 112 g/mol. The van der Waals surface area contributed by atoms with Crippen LogP contribution in [0.5, 0.6) is 0 Å². The molecule has 0 heterocycles. The summed E-state index contributed by atoms with van der Waals surface area (Å²) in [5.74, 6) is 0. The molecule has 0 amide bonds. The van der Waals surface area contributed by atoms with Crippen LogP contribution >= 0.6 is 0 Å². The molecule has 0 aliphatic rings. The smallest absolute Gasteiger partial charge is 0.0156 e. The Bertz CT molecular complexity index is 74.5. The monoisotopic (exact) mass is 112 g/mol. The largest absolute Gasteiger partial charge is 0.315 e. The Morgan fingerprint density at radius 3 is 2.25 bits per heavy atom. The van der Waals surface area contributed by atoms with Gasteiger partial charge in [-0.3, -0.25) is 0 Å². The van der Waals surface area contributed by atoms with Gasteiger partial charge in [-0.15, -0.1) is 0 Å². The predicted molar refractivity (Wildman–Crippen MR) is 36.6 cm³/mol. The first kappa shape index (κ1) is 7.70. The SMILES string of the molecule is [CH]=CCC(C)(C)NC. The number of hydrogen-bond acceptors (Lipinski definition) is 1. The fourth-order valence-electron chi connectivity index (χ4n) is 0.397. The quantitative estimate of drug-likeness (QED) is 0.581. The van der Waals surface area contributed by atoms with Crippen LogP contribution in [0.15, 0.2) is 6.08 Å². The molecule has 0 saturated heterocycles. The van der Waals surface area contributed by atoms with E-state index in [1.165, 1.54) is 0 Å².